The lowest BCUT2D eigenvalue weighted by Crippen LogP contribution is -2.36. The average molecular weight is 413 g/mol. The van der Waals surface area contributed by atoms with Crippen molar-refractivity contribution >= 4 is 17.2 Å². The molecule has 5 rings (SSSR count). The number of halogens is 1. The molecule has 2 aliphatic heterocycles. The Hall–Kier alpha value is -3.31. The molecular formula is C26H24FN3O. The van der Waals surface area contributed by atoms with E-state index in [0.717, 1.165) is 28.9 Å². The van der Waals surface area contributed by atoms with Crippen molar-refractivity contribution in [3.63, 3.8) is 0 Å². The Morgan fingerprint density at radius 3 is 2.58 bits per heavy atom. The lowest BCUT2D eigenvalue weighted by atomic mass is 9.75. The molecule has 2 heterocycles. The van der Waals surface area contributed by atoms with Crippen molar-refractivity contribution in [1.82, 2.24) is 4.90 Å². The van der Waals surface area contributed by atoms with Gasteiger partial charge in [0.15, 0.2) is 5.78 Å². The fourth-order valence-electron chi connectivity index (χ4n) is 4.74. The molecule has 5 heteroatoms. The fraction of sp³-hybridized carbons (Fsp3) is 0.231. The molecule has 156 valence electrons. The van der Waals surface area contributed by atoms with Crippen molar-refractivity contribution in [1.29, 1.82) is 0 Å². The third-order valence-corrected chi connectivity index (χ3v) is 5.96. The first-order valence-corrected chi connectivity index (χ1v) is 10.5. The van der Waals surface area contributed by atoms with Gasteiger partial charge in [0.1, 0.15) is 12.4 Å². The first-order chi connectivity index (χ1) is 15.0. The summed E-state index contributed by atoms with van der Waals surface area (Å²) in [6.45, 7) is 0.891. The van der Waals surface area contributed by atoms with E-state index in [4.69, 9.17) is 4.99 Å². The second-order valence-corrected chi connectivity index (χ2v) is 8.49. The minimum atomic E-state index is -0.408. The molecule has 0 radical (unpaired) electrons. The number of nitrogens with one attached hydrogen (secondary N) is 1. The van der Waals surface area contributed by atoms with Gasteiger partial charge in [0, 0.05) is 23.4 Å². The lowest BCUT2D eigenvalue weighted by Gasteiger charge is -2.39. The quantitative estimate of drug-likeness (QED) is 0.667. The summed E-state index contributed by atoms with van der Waals surface area (Å²) >= 11 is 0. The minimum absolute atomic E-state index is 0.0562. The van der Waals surface area contributed by atoms with Crippen LogP contribution < -0.4 is 5.32 Å². The van der Waals surface area contributed by atoms with E-state index < -0.39 is 5.82 Å². The van der Waals surface area contributed by atoms with Crippen LogP contribution >= 0.6 is 0 Å². The molecule has 31 heavy (non-hydrogen) atoms. The first-order valence-electron chi connectivity index (χ1n) is 10.5. The highest BCUT2D eigenvalue weighted by Crippen LogP contribution is 2.45. The molecule has 3 aromatic carbocycles. The van der Waals surface area contributed by atoms with Crippen LogP contribution in [0.25, 0.3) is 0 Å². The van der Waals surface area contributed by atoms with Gasteiger partial charge in [0.25, 0.3) is 0 Å². The molecule has 0 saturated carbocycles. The Morgan fingerprint density at radius 2 is 1.81 bits per heavy atom. The topological polar surface area (TPSA) is 44.7 Å². The number of carbonyl (C=O) groups excluding carboxylic acids is 1. The predicted molar refractivity (Wildman–Crippen MR) is 122 cm³/mol. The highest BCUT2D eigenvalue weighted by molar-refractivity contribution is 6.21. The number of benzene rings is 3. The van der Waals surface area contributed by atoms with E-state index in [9.17, 15) is 9.18 Å². The van der Waals surface area contributed by atoms with Gasteiger partial charge in [-0.15, -0.1) is 0 Å². The number of aliphatic imine (C=N–C) groups is 1. The van der Waals surface area contributed by atoms with Crippen molar-refractivity contribution in [2.75, 3.05) is 26.0 Å². The van der Waals surface area contributed by atoms with Crippen molar-refractivity contribution < 1.29 is 9.18 Å². The number of nitrogens with zero attached hydrogens (tertiary/aromatic N) is 2. The molecule has 3 aromatic rings. The number of hydrogen-bond donors (Lipinski definition) is 1. The molecule has 0 amide bonds. The molecular weight excluding hydrogens is 389 g/mol. The van der Waals surface area contributed by atoms with Crippen LogP contribution in [0.4, 0.5) is 10.1 Å². The molecule has 0 aliphatic carbocycles. The van der Waals surface area contributed by atoms with Gasteiger partial charge in [0.2, 0.25) is 0 Å². The normalized spacial score (nSPS) is 19.6. The van der Waals surface area contributed by atoms with Crippen LogP contribution in [0.2, 0.25) is 0 Å². The second kappa shape index (κ2) is 7.75. The highest BCUT2D eigenvalue weighted by Gasteiger charge is 2.40. The SMILES string of the molecule is CN(C)Cc1cccc(C2C3=NCC(=O)c4cc(F)cc(c43)NC2c2ccccc2)c1. The molecule has 0 bridgehead atoms. The van der Waals surface area contributed by atoms with Crippen molar-refractivity contribution in [3.8, 4) is 0 Å². The summed E-state index contributed by atoms with van der Waals surface area (Å²) in [4.78, 5) is 19.4. The molecule has 2 atom stereocenters. The molecule has 0 aromatic heterocycles. The summed E-state index contributed by atoms with van der Waals surface area (Å²) < 4.78 is 14.4. The van der Waals surface area contributed by atoms with Crippen LogP contribution in [0.15, 0.2) is 71.7 Å². The molecule has 2 aliphatic rings. The van der Waals surface area contributed by atoms with Crippen LogP contribution in [-0.2, 0) is 6.54 Å². The number of hydrogen-bond acceptors (Lipinski definition) is 4. The van der Waals surface area contributed by atoms with Crippen LogP contribution in [0.1, 0.15) is 44.6 Å². The van der Waals surface area contributed by atoms with Gasteiger partial charge in [-0.25, -0.2) is 4.39 Å². The summed E-state index contributed by atoms with van der Waals surface area (Å²) in [5, 5.41) is 3.54. The summed E-state index contributed by atoms with van der Waals surface area (Å²) in [6.07, 6.45) is 0. The second-order valence-electron chi connectivity index (χ2n) is 8.49. The average Bonchev–Trinajstić information content (AvgIpc) is 2.75. The number of carbonyl (C=O) groups is 1. The van der Waals surface area contributed by atoms with Gasteiger partial charge in [-0.05, 0) is 42.9 Å². The lowest BCUT2D eigenvalue weighted by molar-refractivity contribution is 0.0999. The molecule has 0 spiro atoms. The number of rotatable bonds is 4. The molecule has 4 nitrogen and oxygen atoms in total. The van der Waals surface area contributed by atoms with E-state index in [-0.39, 0.29) is 24.3 Å². The molecule has 2 unspecified atom stereocenters. The monoisotopic (exact) mass is 413 g/mol. The maximum absolute atomic E-state index is 14.4. The summed E-state index contributed by atoms with van der Waals surface area (Å²) in [5.41, 5.74) is 6.11. The molecule has 0 saturated heterocycles. The van der Waals surface area contributed by atoms with Gasteiger partial charge in [0.05, 0.1) is 17.7 Å². The van der Waals surface area contributed by atoms with Crippen molar-refractivity contribution in [2.45, 2.75) is 18.5 Å². The van der Waals surface area contributed by atoms with Gasteiger partial charge < -0.3 is 10.2 Å². The van der Waals surface area contributed by atoms with Gasteiger partial charge in [-0.1, -0.05) is 54.6 Å². The Labute approximate surface area is 181 Å². The number of Topliss-reactive ketones (excluding diaryl/α,β-unsaturated/α-hetero) is 1. The maximum Gasteiger partial charge on any atom is 0.185 e. The highest BCUT2D eigenvalue weighted by atomic mass is 19.1. The minimum Gasteiger partial charge on any atom is -0.377 e. The van der Waals surface area contributed by atoms with Gasteiger partial charge in [-0.3, -0.25) is 9.79 Å². The van der Waals surface area contributed by atoms with E-state index >= 15 is 0 Å². The van der Waals surface area contributed by atoms with E-state index in [0.29, 0.717) is 11.3 Å². The van der Waals surface area contributed by atoms with Crippen LogP contribution in [0.5, 0.6) is 0 Å². The fourth-order valence-corrected chi connectivity index (χ4v) is 4.74. The Bertz CT molecular complexity index is 1190. The predicted octanol–water partition coefficient (Wildman–Crippen LogP) is 4.82. The molecule has 0 fully saturated rings. The van der Waals surface area contributed by atoms with Crippen molar-refractivity contribution in [3.05, 3.63) is 100 Å². The first kappa shape index (κ1) is 19.6. The Kier molecular flexibility index (Phi) is 4.91. The summed E-state index contributed by atoms with van der Waals surface area (Å²) in [6, 6.07) is 21.4. The summed E-state index contributed by atoms with van der Waals surface area (Å²) in [5.74, 6) is -0.636. The van der Waals surface area contributed by atoms with E-state index in [2.05, 4.69) is 60.7 Å². The van der Waals surface area contributed by atoms with E-state index in [1.54, 1.807) is 0 Å². The number of ketones is 1. The van der Waals surface area contributed by atoms with E-state index in [1.165, 1.54) is 17.7 Å². The standard InChI is InChI=1S/C26H24FN3O/c1-30(2)15-16-7-6-10-18(11-16)23-25(17-8-4-3-5-9-17)29-21-13-19(27)12-20-22(31)14-28-26(23)24(20)21/h3-13,23,25,29H,14-15H2,1-2H3. The zero-order valence-corrected chi connectivity index (χ0v) is 17.6. The largest absolute Gasteiger partial charge is 0.377 e. The van der Waals surface area contributed by atoms with Crippen LogP contribution in [-0.4, -0.2) is 37.0 Å². The molecule has 1 N–H and O–H groups in total. The Balaban J connectivity index is 1.71. The number of anilines is 1. The zero-order chi connectivity index (χ0) is 21.5. The van der Waals surface area contributed by atoms with Crippen LogP contribution in [0, 0.1) is 5.82 Å². The van der Waals surface area contributed by atoms with E-state index in [1.807, 2.05) is 18.2 Å². The third-order valence-electron chi connectivity index (χ3n) is 5.96. The maximum atomic E-state index is 14.4. The third kappa shape index (κ3) is 3.55. The van der Waals surface area contributed by atoms with Gasteiger partial charge in [-0.2, -0.15) is 0 Å². The van der Waals surface area contributed by atoms with Crippen LogP contribution in [0.3, 0.4) is 0 Å². The zero-order valence-electron chi connectivity index (χ0n) is 17.6. The Morgan fingerprint density at radius 1 is 1.03 bits per heavy atom. The van der Waals surface area contributed by atoms with Gasteiger partial charge >= 0.3 is 0 Å². The summed E-state index contributed by atoms with van der Waals surface area (Å²) in [7, 11) is 4.10. The van der Waals surface area contributed by atoms with Crippen molar-refractivity contribution in [2.24, 2.45) is 4.99 Å². The smallest absolute Gasteiger partial charge is 0.185 e.